The van der Waals surface area contributed by atoms with Crippen molar-refractivity contribution in [3.05, 3.63) is 24.3 Å². The number of carbonyl (C=O) groups excluding carboxylic acids is 1. The molecule has 0 aliphatic rings. The summed E-state index contributed by atoms with van der Waals surface area (Å²) in [6.45, 7) is 1.50. The minimum atomic E-state index is -0.0335. The molecule has 0 bridgehead atoms. The van der Waals surface area contributed by atoms with E-state index in [-0.39, 0.29) is 16.9 Å². The fraction of sp³-hybridized carbons (Fsp3) is 0.125. The summed E-state index contributed by atoms with van der Waals surface area (Å²) >= 11 is 0. The van der Waals surface area contributed by atoms with Gasteiger partial charge in [-0.2, -0.15) is 0 Å². The quantitative estimate of drug-likeness (QED) is 0.514. The van der Waals surface area contributed by atoms with E-state index < -0.39 is 0 Å². The van der Waals surface area contributed by atoms with E-state index in [0.29, 0.717) is 0 Å². The Morgan fingerprint density at radius 3 is 2.08 bits per heavy atom. The van der Waals surface area contributed by atoms with Crippen molar-refractivity contribution in [3.8, 4) is 0 Å². The molecule has 1 aromatic carbocycles. The first-order valence-corrected chi connectivity index (χ1v) is 3.53. The van der Waals surface area contributed by atoms with Gasteiger partial charge in [-0.1, -0.05) is 17.6 Å². The van der Waals surface area contributed by atoms with Crippen LogP contribution in [0.3, 0.4) is 0 Å². The zero-order chi connectivity index (χ0) is 8.27. The summed E-state index contributed by atoms with van der Waals surface area (Å²) in [6, 6.07) is 7.70. The maximum atomic E-state index is 10.6. The fourth-order valence-corrected chi connectivity index (χ4v) is 0.840. The molecule has 0 heterocycles. The molecule has 5 heteroatoms. The van der Waals surface area contributed by atoms with Crippen LogP contribution in [-0.4, -0.2) is 24.7 Å². The molecule has 0 saturated heterocycles. The lowest BCUT2D eigenvalue weighted by atomic mass is 9.96. The molecule has 0 atom stereocenters. The third-order valence-electron chi connectivity index (χ3n) is 1.37. The van der Waals surface area contributed by atoms with Crippen LogP contribution in [0.25, 0.3) is 0 Å². The van der Waals surface area contributed by atoms with Crippen LogP contribution in [-0.2, 0) is 4.79 Å². The Hall–Kier alpha value is -1.33. The van der Waals surface area contributed by atoms with Gasteiger partial charge in [0, 0.05) is 12.6 Å². The number of rotatable bonds is 1. The van der Waals surface area contributed by atoms with Crippen LogP contribution in [0.4, 0.5) is 5.69 Å². The van der Waals surface area contributed by atoms with Crippen molar-refractivity contribution in [1.29, 1.82) is 0 Å². The Balaban J connectivity index is 0. The monoisotopic (exact) mass is 183 g/mol. The standard InChI is InChI=1S/C8H10BNO.2H2O/c1-6(11)10-8-4-2-7(9)3-5-8;;/h2-5H,9H2,1H3,(H,10,11);2*1H2. The van der Waals surface area contributed by atoms with Gasteiger partial charge in [-0.25, -0.2) is 0 Å². The van der Waals surface area contributed by atoms with E-state index in [0.717, 1.165) is 5.69 Å². The van der Waals surface area contributed by atoms with Gasteiger partial charge < -0.3 is 16.3 Å². The summed E-state index contributed by atoms with van der Waals surface area (Å²) in [5.41, 5.74) is 2.04. The molecule has 0 aromatic heterocycles. The molecule has 1 rings (SSSR count). The summed E-state index contributed by atoms with van der Waals surface area (Å²) < 4.78 is 0. The first kappa shape index (κ1) is 14.2. The minimum Gasteiger partial charge on any atom is -0.412 e. The molecule has 13 heavy (non-hydrogen) atoms. The molecule has 0 unspecified atom stereocenters. The molecular formula is C8H14BNO3. The van der Waals surface area contributed by atoms with Crippen LogP contribution < -0.4 is 10.8 Å². The molecule has 72 valence electrons. The number of hydrogen-bond acceptors (Lipinski definition) is 1. The van der Waals surface area contributed by atoms with Crippen LogP contribution >= 0.6 is 0 Å². The Morgan fingerprint density at radius 2 is 1.69 bits per heavy atom. The van der Waals surface area contributed by atoms with Crippen molar-refractivity contribution in [1.82, 2.24) is 0 Å². The number of benzene rings is 1. The third kappa shape index (κ3) is 5.00. The number of amides is 1. The first-order chi connectivity index (χ1) is 5.18. The number of hydrogen-bond donors (Lipinski definition) is 1. The van der Waals surface area contributed by atoms with Gasteiger partial charge in [-0.15, -0.1) is 0 Å². The topological polar surface area (TPSA) is 92.1 Å². The molecule has 0 aliphatic heterocycles. The van der Waals surface area contributed by atoms with Crippen molar-refractivity contribution >= 4 is 24.9 Å². The lowest BCUT2D eigenvalue weighted by molar-refractivity contribution is -0.114. The normalized spacial score (nSPS) is 7.77. The average Bonchev–Trinajstić information content (AvgIpc) is 1.93. The largest absolute Gasteiger partial charge is 0.412 e. The van der Waals surface area contributed by atoms with E-state index in [1.807, 2.05) is 32.1 Å². The van der Waals surface area contributed by atoms with Crippen molar-refractivity contribution in [2.75, 3.05) is 5.32 Å². The van der Waals surface area contributed by atoms with Gasteiger partial charge in [0.15, 0.2) is 0 Å². The Labute approximate surface area is 78.0 Å². The molecule has 0 spiro atoms. The maximum Gasteiger partial charge on any atom is 0.221 e. The second-order valence-corrected chi connectivity index (χ2v) is 2.55. The van der Waals surface area contributed by atoms with E-state index in [4.69, 9.17) is 0 Å². The first-order valence-electron chi connectivity index (χ1n) is 3.53. The average molecular weight is 183 g/mol. The van der Waals surface area contributed by atoms with Gasteiger partial charge >= 0.3 is 0 Å². The van der Waals surface area contributed by atoms with E-state index in [2.05, 4.69) is 5.32 Å². The van der Waals surface area contributed by atoms with Gasteiger partial charge in [0.2, 0.25) is 5.91 Å². The summed E-state index contributed by atoms with van der Waals surface area (Å²) in [5.74, 6) is -0.0335. The number of carbonyl (C=O) groups is 1. The van der Waals surface area contributed by atoms with Crippen molar-refractivity contribution in [2.45, 2.75) is 6.92 Å². The molecule has 1 aromatic rings. The second-order valence-electron chi connectivity index (χ2n) is 2.55. The zero-order valence-electron chi connectivity index (χ0n) is 7.72. The predicted octanol–water partition coefficient (Wildman–Crippen LogP) is -1.75. The fourth-order valence-electron chi connectivity index (χ4n) is 0.840. The summed E-state index contributed by atoms with van der Waals surface area (Å²) in [4.78, 5) is 10.6. The number of nitrogens with one attached hydrogen (secondary N) is 1. The van der Waals surface area contributed by atoms with Gasteiger partial charge in [-0.05, 0) is 12.1 Å². The van der Waals surface area contributed by atoms with Crippen LogP contribution in [0.5, 0.6) is 0 Å². The van der Waals surface area contributed by atoms with Crippen molar-refractivity contribution in [2.24, 2.45) is 0 Å². The highest BCUT2D eigenvalue weighted by Crippen LogP contribution is 2.02. The highest BCUT2D eigenvalue weighted by molar-refractivity contribution is 6.32. The van der Waals surface area contributed by atoms with E-state index in [1.54, 1.807) is 0 Å². The van der Waals surface area contributed by atoms with Crippen LogP contribution in [0.1, 0.15) is 6.92 Å². The smallest absolute Gasteiger partial charge is 0.221 e. The lowest BCUT2D eigenvalue weighted by Crippen LogP contribution is -2.07. The molecule has 0 radical (unpaired) electrons. The predicted molar refractivity (Wildman–Crippen MR) is 56.2 cm³/mol. The summed E-state index contributed by atoms with van der Waals surface area (Å²) in [5, 5.41) is 2.69. The Morgan fingerprint density at radius 1 is 1.23 bits per heavy atom. The van der Waals surface area contributed by atoms with E-state index >= 15 is 0 Å². The van der Waals surface area contributed by atoms with Crippen LogP contribution in [0.15, 0.2) is 24.3 Å². The Kier molecular flexibility index (Phi) is 6.80. The number of anilines is 1. The molecule has 0 fully saturated rings. The lowest BCUT2D eigenvalue weighted by Gasteiger charge is -2.00. The van der Waals surface area contributed by atoms with E-state index in [9.17, 15) is 4.79 Å². The molecule has 4 nitrogen and oxygen atoms in total. The highest BCUT2D eigenvalue weighted by atomic mass is 16.1. The van der Waals surface area contributed by atoms with Crippen molar-refractivity contribution < 1.29 is 15.7 Å². The summed E-state index contributed by atoms with van der Waals surface area (Å²) in [6.07, 6.45) is 0. The van der Waals surface area contributed by atoms with Gasteiger partial charge in [-0.3, -0.25) is 4.79 Å². The Bertz CT molecular complexity index is 261. The van der Waals surface area contributed by atoms with E-state index in [1.165, 1.54) is 12.4 Å². The van der Waals surface area contributed by atoms with Gasteiger partial charge in [0.25, 0.3) is 0 Å². The maximum absolute atomic E-state index is 10.6. The minimum absolute atomic E-state index is 0. The second kappa shape index (κ2) is 6.22. The SMILES string of the molecule is Bc1ccc(NC(C)=O)cc1.O.O. The molecule has 0 saturated carbocycles. The zero-order valence-corrected chi connectivity index (χ0v) is 7.72. The van der Waals surface area contributed by atoms with Crippen LogP contribution in [0.2, 0.25) is 0 Å². The van der Waals surface area contributed by atoms with Gasteiger partial charge in [0.05, 0.1) is 0 Å². The molecular weight excluding hydrogens is 169 g/mol. The van der Waals surface area contributed by atoms with Crippen molar-refractivity contribution in [3.63, 3.8) is 0 Å². The third-order valence-corrected chi connectivity index (χ3v) is 1.37. The molecule has 1 amide bonds. The van der Waals surface area contributed by atoms with Crippen LogP contribution in [0, 0.1) is 0 Å². The molecule has 5 N–H and O–H groups in total. The molecule has 0 aliphatic carbocycles. The summed E-state index contributed by atoms with van der Waals surface area (Å²) in [7, 11) is 2.01. The van der Waals surface area contributed by atoms with Gasteiger partial charge in [0.1, 0.15) is 7.85 Å². The highest BCUT2D eigenvalue weighted by Gasteiger charge is 1.92.